The Hall–Kier alpha value is -3.19. The number of nitrogens with zero attached hydrogens (tertiary/aromatic N) is 5. The number of carbonyl (C=O) groups excluding carboxylic acids is 1. The third kappa shape index (κ3) is 6.62. The van der Waals surface area contributed by atoms with Crippen LogP contribution >= 0.6 is 0 Å². The molecular weight excluding hydrogens is 487 g/mol. The van der Waals surface area contributed by atoms with Crippen LogP contribution in [0.1, 0.15) is 70.2 Å². The second kappa shape index (κ2) is 12.6. The first-order valence-electron chi connectivity index (χ1n) is 13.7. The van der Waals surface area contributed by atoms with Gasteiger partial charge in [-0.15, -0.1) is 0 Å². The quantitative estimate of drug-likeness (QED) is 0.492. The molecule has 38 heavy (non-hydrogen) atoms. The van der Waals surface area contributed by atoms with Crippen molar-refractivity contribution in [1.29, 1.82) is 5.26 Å². The van der Waals surface area contributed by atoms with Crippen LogP contribution in [0.5, 0.6) is 5.75 Å². The lowest BCUT2D eigenvalue weighted by Gasteiger charge is -2.33. The Labute approximate surface area is 224 Å². The van der Waals surface area contributed by atoms with E-state index in [0.29, 0.717) is 48.7 Å². The molecule has 9 nitrogen and oxygen atoms in total. The van der Waals surface area contributed by atoms with E-state index >= 15 is 0 Å². The van der Waals surface area contributed by atoms with Gasteiger partial charge in [-0.2, -0.15) is 10.2 Å². The fourth-order valence-corrected chi connectivity index (χ4v) is 5.33. The largest absolute Gasteiger partial charge is 0.493 e. The number of aromatic nitrogens is 2. The molecule has 0 spiro atoms. The first kappa shape index (κ1) is 27.8. The molecule has 1 aromatic heterocycles. The predicted molar refractivity (Wildman–Crippen MR) is 141 cm³/mol. The predicted octanol–water partition coefficient (Wildman–Crippen LogP) is 4.04. The van der Waals surface area contributed by atoms with Crippen LogP contribution in [-0.2, 0) is 11.2 Å². The molecule has 2 saturated heterocycles. The zero-order valence-corrected chi connectivity index (χ0v) is 22.6. The number of ether oxygens (including phenoxy) is 1. The molecule has 206 valence electrons. The average molecular weight is 527 g/mol. The van der Waals surface area contributed by atoms with Gasteiger partial charge in [0.2, 0.25) is 5.91 Å². The third-order valence-corrected chi connectivity index (χ3v) is 7.87. The smallest absolute Gasteiger partial charge is 0.324 e. The first-order valence-corrected chi connectivity index (χ1v) is 13.7. The molecule has 3 unspecified atom stereocenters. The number of piperidine rings is 1. The van der Waals surface area contributed by atoms with E-state index in [1.165, 1.54) is 11.0 Å². The van der Waals surface area contributed by atoms with E-state index in [9.17, 15) is 14.4 Å². The molecule has 1 amide bonds. The van der Waals surface area contributed by atoms with E-state index in [4.69, 9.17) is 15.0 Å². The molecule has 2 aromatic rings. The lowest BCUT2D eigenvalue weighted by Crippen LogP contribution is -2.46. The summed E-state index contributed by atoms with van der Waals surface area (Å²) >= 11 is 0. The highest BCUT2D eigenvalue weighted by Crippen LogP contribution is 2.30. The van der Waals surface area contributed by atoms with E-state index in [0.717, 1.165) is 44.6 Å². The van der Waals surface area contributed by atoms with Gasteiger partial charge in [0.25, 0.3) is 0 Å². The van der Waals surface area contributed by atoms with E-state index in [-0.39, 0.29) is 18.2 Å². The molecule has 10 heteroatoms. The van der Waals surface area contributed by atoms with Gasteiger partial charge in [-0.3, -0.25) is 4.79 Å². The van der Waals surface area contributed by atoms with Crippen molar-refractivity contribution in [3.8, 4) is 11.8 Å². The number of halogens is 1. The number of hydrogen-bond acceptors (Lipinski definition) is 8. The first-order chi connectivity index (χ1) is 18.3. The molecule has 4 rings (SSSR count). The summed E-state index contributed by atoms with van der Waals surface area (Å²) in [7, 11) is 0. The van der Waals surface area contributed by atoms with Gasteiger partial charge in [0, 0.05) is 31.6 Å². The van der Waals surface area contributed by atoms with Gasteiger partial charge in [-0.1, -0.05) is 32.0 Å². The molecule has 0 saturated carbocycles. The number of amides is 1. The Bertz CT molecular complexity index is 1120. The Balaban J connectivity index is 1.20. The summed E-state index contributed by atoms with van der Waals surface area (Å²) in [5.74, 6) is 1.77. The van der Waals surface area contributed by atoms with E-state index in [1.54, 1.807) is 12.1 Å². The van der Waals surface area contributed by atoms with Crippen LogP contribution in [0.3, 0.4) is 0 Å². The van der Waals surface area contributed by atoms with E-state index in [1.807, 2.05) is 13.8 Å². The van der Waals surface area contributed by atoms with Crippen molar-refractivity contribution < 1.29 is 18.4 Å². The van der Waals surface area contributed by atoms with Crippen molar-refractivity contribution >= 4 is 11.9 Å². The van der Waals surface area contributed by atoms with Crippen LogP contribution in [-0.4, -0.2) is 59.3 Å². The summed E-state index contributed by atoms with van der Waals surface area (Å²) in [5, 5.41) is 13.3. The summed E-state index contributed by atoms with van der Waals surface area (Å²) in [6, 6.07) is 6.15. The Kier molecular flexibility index (Phi) is 9.21. The van der Waals surface area contributed by atoms with Crippen LogP contribution in [0.15, 0.2) is 22.7 Å². The number of nitriles is 1. The van der Waals surface area contributed by atoms with Crippen molar-refractivity contribution in [1.82, 2.24) is 15.0 Å². The van der Waals surface area contributed by atoms with E-state index < -0.39 is 17.9 Å². The third-order valence-electron chi connectivity index (χ3n) is 7.87. The molecule has 0 aliphatic carbocycles. The molecule has 1 aromatic carbocycles. The topological polar surface area (TPSA) is 122 Å². The Morgan fingerprint density at radius 3 is 2.68 bits per heavy atom. The molecule has 2 N–H and O–H groups in total. The van der Waals surface area contributed by atoms with Gasteiger partial charge in [-0.25, -0.2) is 4.39 Å². The Morgan fingerprint density at radius 1 is 1.26 bits per heavy atom. The molecular formula is C28H39FN6O3. The average Bonchev–Trinajstić information content (AvgIpc) is 3.60. The summed E-state index contributed by atoms with van der Waals surface area (Å²) in [4.78, 5) is 20.8. The number of hydrogen-bond donors (Lipinski definition) is 1. The van der Waals surface area contributed by atoms with Gasteiger partial charge in [0.05, 0.1) is 18.7 Å². The Morgan fingerprint density at radius 2 is 2.03 bits per heavy atom. The normalized spacial score (nSPS) is 20.0. The highest BCUT2D eigenvalue weighted by atomic mass is 19.1. The highest BCUT2D eigenvalue weighted by molar-refractivity contribution is 5.82. The summed E-state index contributed by atoms with van der Waals surface area (Å²) in [6.07, 6.45) is 4.50. The van der Waals surface area contributed by atoms with Crippen molar-refractivity contribution in [3.63, 3.8) is 0 Å². The molecule has 3 heterocycles. The summed E-state index contributed by atoms with van der Waals surface area (Å²) < 4.78 is 26.0. The second-order valence-corrected chi connectivity index (χ2v) is 10.9. The summed E-state index contributed by atoms with van der Waals surface area (Å²) in [5.41, 5.74) is 6.45. The monoisotopic (exact) mass is 526 g/mol. The number of anilines is 1. The molecule has 2 aliphatic heterocycles. The van der Waals surface area contributed by atoms with Crippen LogP contribution in [0.4, 0.5) is 10.4 Å². The maximum Gasteiger partial charge on any atom is 0.324 e. The zero-order valence-electron chi connectivity index (χ0n) is 22.6. The molecule has 2 fully saturated rings. The van der Waals surface area contributed by atoms with Crippen molar-refractivity contribution in [2.45, 2.75) is 77.3 Å². The number of likely N-dealkylation sites (tertiary alicyclic amines) is 1. The molecule has 0 radical (unpaired) electrons. The van der Waals surface area contributed by atoms with Crippen LogP contribution < -0.4 is 15.4 Å². The van der Waals surface area contributed by atoms with E-state index in [2.05, 4.69) is 28.0 Å². The lowest BCUT2D eigenvalue weighted by molar-refractivity contribution is -0.132. The highest BCUT2D eigenvalue weighted by Gasteiger charge is 2.32. The minimum absolute atomic E-state index is 0.0810. The van der Waals surface area contributed by atoms with Crippen molar-refractivity contribution in [2.75, 3.05) is 31.1 Å². The second-order valence-electron chi connectivity index (χ2n) is 10.9. The molecule has 2 aliphatic rings. The minimum atomic E-state index is -0.880. The van der Waals surface area contributed by atoms with Crippen LogP contribution in [0, 0.1) is 29.0 Å². The number of benzene rings is 1. The SMILES string of the molecule is CC(C)c1noc(N2CCC(C(C)CCOc3ccc(CC(N)C(=O)N4CCCC4C#N)c(F)c3)CC2)n1. The fraction of sp³-hybridized carbons (Fsp3) is 0.643. The van der Waals surface area contributed by atoms with Crippen molar-refractivity contribution in [2.24, 2.45) is 17.6 Å². The van der Waals surface area contributed by atoms with Gasteiger partial charge >= 0.3 is 6.01 Å². The van der Waals surface area contributed by atoms with Crippen molar-refractivity contribution in [3.05, 3.63) is 35.4 Å². The molecule has 0 bridgehead atoms. The zero-order chi connectivity index (χ0) is 27.2. The van der Waals surface area contributed by atoms with Gasteiger partial charge in [0.15, 0.2) is 5.82 Å². The van der Waals surface area contributed by atoms with Gasteiger partial charge < -0.3 is 24.8 Å². The number of carbonyl (C=O) groups is 1. The number of rotatable bonds is 10. The lowest BCUT2D eigenvalue weighted by atomic mass is 9.84. The molecule has 3 atom stereocenters. The maximum atomic E-state index is 14.8. The van der Waals surface area contributed by atoms with Crippen LogP contribution in [0.2, 0.25) is 0 Å². The maximum absolute atomic E-state index is 14.8. The standard InChI is InChI=1S/C28H39FN6O3/c1-18(2)26-32-28(38-33-26)34-12-8-20(9-13-34)19(3)10-14-37-23-7-6-21(24(29)16-23)15-25(31)27(36)35-11-4-5-22(35)17-30/h6-7,16,18-20,22,25H,4-5,8-15,31H2,1-3H3. The van der Waals surface area contributed by atoms with Gasteiger partial charge in [0.1, 0.15) is 17.6 Å². The fourth-order valence-electron chi connectivity index (χ4n) is 5.33. The van der Waals surface area contributed by atoms with Gasteiger partial charge in [-0.05, 0) is 62.0 Å². The minimum Gasteiger partial charge on any atom is -0.493 e. The van der Waals surface area contributed by atoms with Crippen LogP contribution in [0.25, 0.3) is 0 Å². The summed E-state index contributed by atoms with van der Waals surface area (Å²) in [6.45, 7) is 9.15. The number of nitrogens with two attached hydrogens (primary N) is 1.